The molecule has 0 amide bonds. The van der Waals surface area contributed by atoms with Crippen LogP contribution in [-0.4, -0.2) is 36.5 Å². The minimum atomic E-state index is 0.306. The summed E-state index contributed by atoms with van der Waals surface area (Å²) < 4.78 is 10.9. The van der Waals surface area contributed by atoms with Gasteiger partial charge in [0.1, 0.15) is 5.75 Å². The van der Waals surface area contributed by atoms with Crippen LogP contribution < -0.4 is 4.74 Å². The molecule has 1 aromatic rings. The monoisotopic (exact) mass is 297 g/mol. The zero-order valence-electron chi connectivity index (χ0n) is 11.5. The van der Waals surface area contributed by atoms with Crippen molar-refractivity contribution in [2.45, 2.75) is 26.0 Å². The third-order valence-electron chi connectivity index (χ3n) is 4.11. The SMILES string of the molecule is OCC1CCN(Cc2cc(Cl)cc3c2OCOC3)CC1. The van der Waals surface area contributed by atoms with E-state index in [-0.39, 0.29) is 0 Å². The van der Waals surface area contributed by atoms with Gasteiger partial charge in [0.25, 0.3) is 0 Å². The number of aliphatic hydroxyl groups excluding tert-OH is 1. The van der Waals surface area contributed by atoms with Gasteiger partial charge < -0.3 is 14.6 Å². The number of ether oxygens (including phenoxy) is 2. The van der Waals surface area contributed by atoms with E-state index in [0.29, 0.717) is 25.9 Å². The highest BCUT2D eigenvalue weighted by Crippen LogP contribution is 2.33. The fourth-order valence-electron chi connectivity index (χ4n) is 2.94. The number of fused-ring (bicyclic) bond motifs is 1. The van der Waals surface area contributed by atoms with Crippen LogP contribution in [0.4, 0.5) is 0 Å². The summed E-state index contributed by atoms with van der Waals surface area (Å²) in [4.78, 5) is 2.40. The summed E-state index contributed by atoms with van der Waals surface area (Å²) in [6.45, 7) is 4.07. The number of rotatable bonds is 3. The van der Waals surface area contributed by atoms with Crippen LogP contribution in [0.15, 0.2) is 12.1 Å². The van der Waals surface area contributed by atoms with Gasteiger partial charge in [-0.25, -0.2) is 0 Å². The van der Waals surface area contributed by atoms with E-state index < -0.39 is 0 Å². The summed E-state index contributed by atoms with van der Waals surface area (Å²) >= 11 is 6.18. The molecule has 5 heteroatoms. The van der Waals surface area contributed by atoms with Crippen LogP contribution in [0.1, 0.15) is 24.0 Å². The summed E-state index contributed by atoms with van der Waals surface area (Å²) in [7, 11) is 0. The Hall–Kier alpha value is -0.810. The van der Waals surface area contributed by atoms with Crippen molar-refractivity contribution in [2.75, 3.05) is 26.5 Å². The van der Waals surface area contributed by atoms with Gasteiger partial charge in [-0.05, 0) is 44.0 Å². The molecule has 0 aliphatic carbocycles. The molecule has 4 nitrogen and oxygen atoms in total. The molecule has 0 bridgehead atoms. The second kappa shape index (κ2) is 6.31. The van der Waals surface area contributed by atoms with E-state index in [1.54, 1.807) is 0 Å². The Morgan fingerprint density at radius 2 is 2.10 bits per heavy atom. The topological polar surface area (TPSA) is 41.9 Å². The molecule has 0 atom stereocenters. The fourth-order valence-corrected chi connectivity index (χ4v) is 3.21. The van der Waals surface area contributed by atoms with Gasteiger partial charge in [0.2, 0.25) is 0 Å². The number of halogens is 1. The second-order valence-corrected chi connectivity index (χ2v) is 6.00. The average Bonchev–Trinajstić information content (AvgIpc) is 2.48. The Kier molecular flexibility index (Phi) is 4.46. The molecule has 1 fully saturated rings. The zero-order chi connectivity index (χ0) is 13.9. The molecule has 1 N–H and O–H groups in total. The maximum absolute atomic E-state index is 9.19. The van der Waals surface area contributed by atoms with E-state index in [9.17, 15) is 5.11 Å². The van der Waals surface area contributed by atoms with Gasteiger partial charge >= 0.3 is 0 Å². The van der Waals surface area contributed by atoms with Crippen molar-refractivity contribution in [3.05, 3.63) is 28.3 Å². The number of piperidine rings is 1. The number of hydrogen-bond acceptors (Lipinski definition) is 4. The van der Waals surface area contributed by atoms with Gasteiger partial charge in [-0.1, -0.05) is 11.6 Å². The van der Waals surface area contributed by atoms with Crippen molar-refractivity contribution in [3.8, 4) is 5.75 Å². The lowest BCUT2D eigenvalue weighted by Crippen LogP contribution is -2.34. The smallest absolute Gasteiger partial charge is 0.189 e. The Labute approximate surface area is 124 Å². The molecule has 110 valence electrons. The first-order valence-electron chi connectivity index (χ1n) is 7.11. The minimum Gasteiger partial charge on any atom is -0.467 e. The zero-order valence-corrected chi connectivity index (χ0v) is 12.2. The summed E-state index contributed by atoms with van der Waals surface area (Å²) in [6.07, 6.45) is 2.12. The number of benzene rings is 1. The molecule has 0 radical (unpaired) electrons. The molecule has 1 aromatic carbocycles. The summed E-state index contributed by atoms with van der Waals surface area (Å²) in [5, 5.41) is 9.93. The molecule has 2 aliphatic rings. The lowest BCUT2D eigenvalue weighted by molar-refractivity contribution is -0.0176. The Morgan fingerprint density at radius 3 is 2.85 bits per heavy atom. The Morgan fingerprint density at radius 1 is 1.30 bits per heavy atom. The molecule has 1 saturated heterocycles. The van der Waals surface area contributed by atoms with Gasteiger partial charge in [0, 0.05) is 29.3 Å². The van der Waals surface area contributed by atoms with E-state index in [1.807, 2.05) is 12.1 Å². The van der Waals surface area contributed by atoms with Crippen LogP contribution in [0.2, 0.25) is 5.02 Å². The lowest BCUT2D eigenvalue weighted by atomic mass is 9.97. The maximum atomic E-state index is 9.19. The molecule has 2 heterocycles. The van der Waals surface area contributed by atoms with Crippen LogP contribution in [0.5, 0.6) is 5.75 Å². The van der Waals surface area contributed by atoms with Crippen molar-refractivity contribution in [3.63, 3.8) is 0 Å². The van der Waals surface area contributed by atoms with Crippen LogP contribution in [0.3, 0.4) is 0 Å². The average molecular weight is 298 g/mol. The first kappa shape index (κ1) is 14.1. The second-order valence-electron chi connectivity index (χ2n) is 5.57. The number of hydrogen-bond donors (Lipinski definition) is 1. The van der Waals surface area contributed by atoms with Crippen molar-refractivity contribution < 1.29 is 14.6 Å². The molecule has 0 saturated carbocycles. The highest BCUT2D eigenvalue weighted by atomic mass is 35.5. The molecule has 3 rings (SSSR count). The molecular formula is C15H20ClNO3. The van der Waals surface area contributed by atoms with E-state index in [0.717, 1.165) is 54.4 Å². The van der Waals surface area contributed by atoms with Crippen LogP contribution >= 0.6 is 11.6 Å². The molecule has 2 aliphatic heterocycles. The predicted octanol–water partition coefficient (Wildman–Crippen LogP) is 2.41. The predicted molar refractivity (Wildman–Crippen MR) is 76.8 cm³/mol. The van der Waals surface area contributed by atoms with E-state index in [4.69, 9.17) is 21.1 Å². The number of aliphatic hydroxyl groups is 1. The van der Waals surface area contributed by atoms with Gasteiger partial charge in [-0.15, -0.1) is 0 Å². The highest BCUT2D eigenvalue weighted by Gasteiger charge is 2.22. The largest absolute Gasteiger partial charge is 0.467 e. The lowest BCUT2D eigenvalue weighted by Gasteiger charge is -2.32. The summed E-state index contributed by atoms with van der Waals surface area (Å²) in [5.41, 5.74) is 2.17. The van der Waals surface area contributed by atoms with Crippen LogP contribution in [-0.2, 0) is 17.9 Å². The molecule has 0 aromatic heterocycles. The highest BCUT2D eigenvalue weighted by molar-refractivity contribution is 6.30. The number of nitrogens with zero attached hydrogens (tertiary/aromatic N) is 1. The van der Waals surface area contributed by atoms with Gasteiger partial charge in [0.15, 0.2) is 6.79 Å². The quantitative estimate of drug-likeness (QED) is 0.930. The maximum Gasteiger partial charge on any atom is 0.189 e. The minimum absolute atomic E-state index is 0.306. The normalized spacial score (nSPS) is 20.5. The molecular weight excluding hydrogens is 278 g/mol. The van der Waals surface area contributed by atoms with Gasteiger partial charge in [-0.2, -0.15) is 0 Å². The molecule has 0 spiro atoms. The van der Waals surface area contributed by atoms with Crippen molar-refractivity contribution in [2.24, 2.45) is 5.92 Å². The first-order chi connectivity index (χ1) is 9.76. The van der Waals surface area contributed by atoms with E-state index in [1.165, 1.54) is 0 Å². The molecule has 20 heavy (non-hydrogen) atoms. The van der Waals surface area contributed by atoms with Gasteiger partial charge in [0.05, 0.1) is 6.61 Å². The Bertz CT molecular complexity index is 472. The third-order valence-corrected chi connectivity index (χ3v) is 4.33. The van der Waals surface area contributed by atoms with Crippen LogP contribution in [0.25, 0.3) is 0 Å². The third kappa shape index (κ3) is 3.09. The van der Waals surface area contributed by atoms with E-state index >= 15 is 0 Å². The summed E-state index contributed by atoms with van der Waals surface area (Å²) in [6, 6.07) is 3.90. The van der Waals surface area contributed by atoms with E-state index in [2.05, 4.69) is 4.90 Å². The summed E-state index contributed by atoms with van der Waals surface area (Å²) in [5.74, 6) is 1.40. The molecule has 0 unspecified atom stereocenters. The number of likely N-dealkylation sites (tertiary alicyclic amines) is 1. The first-order valence-corrected chi connectivity index (χ1v) is 7.49. The van der Waals surface area contributed by atoms with Crippen molar-refractivity contribution >= 4 is 11.6 Å². The van der Waals surface area contributed by atoms with Gasteiger partial charge in [-0.3, -0.25) is 4.90 Å². The van der Waals surface area contributed by atoms with Crippen molar-refractivity contribution in [1.29, 1.82) is 0 Å². The van der Waals surface area contributed by atoms with Crippen LogP contribution in [0, 0.1) is 5.92 Å². The fraction of sp³-hybridized carbons (Fsp3) is 0.600. The van der Waals surface area contributed by atoms with Crippen molar-refractivity contribution in [1.82, 2.24) is 4.90 Å². The Balaban J connectivity index is 1.72. The standard InChI is InChI=1S/C15H20ClNO3/c16-14-5-12(15-13(6-14)9-19-10-20-15)7-17-3-1-11(8-18)2-4-17/h5-6,11,18H,1-4,7-10H2.